The number of benzene rings is 1. The van der Waals surface area contributed by atoms with E-state index in [4.69, 9.17) is 5.11 Å². The number of aromatic carboxylic acids is 1. The van der Waals surface area contributed by atoms with Gasteiger partial charge in [-0.05, 0) is 30.2 Å². The zero-order chi connectivity index (χ0) is 14.9. The molecule has 1 unspecified atom stereocenters. The van der Waals surface area contributed by atoms with Gasteiger partial charge < -0.3 is 15.3 Å². The van der Waals surface area contributed by atoms with Gasteiger partial charge in [0.1, 0.15) is 6.04 Å². The van der Waals surface area contributed by atoms with Crippen LogP contribution >= 0.6 is 0 Å². The molecule has 0 saturated carbocycles. The molecule has 106 valence electrons. The maximum absolute atomic E-state index is 12.2. The highest BCUT2D eigenvalue weighted by molar-refractivity contribution is 5.89. The smallest absolute Gasteiger partial charge is 0.335 e. The Labute approximate surface area is 116 Å². The van der Waals surface area contributed by atoms with Gasteiger partial charge in [-0.15, -0.1) is 0 Å². The lowest BCUT2D eigenvalue weighted by atomic mass is 10.1. The minimum atomic E-state index is -0.982. The molecule has 1 aliphatic heterocycles. The average Bonchev–Trinajstić information content (AvgIpc) is 2.79. The van der Waals surface area contributed by atoms with Crippen molar-refractivity contribution < 1.29 is 19.5 Å². The van der Waals surface area contributed by atoms with Gasteiger partial charge >= 0.3 is 5.97 Å². The molecule has 1 aliphatic rings. The van der Waals surface area contributed by atoms with Crippen molar-refractivity contribution in [2.24, 2.45) is 0 Å². The van der Waals surface area contributed by atoms with Crippen LogP contribution in [-0.2, 0) is 22.7 Å². The summed E-state index contributed by atoms with van der Waals surface area (Å²) in [6.45, 7) is 3.81. The Morgan fingerprint density at radius 1 is 1.25 bits per heavy atom. The summed E-state index contributed by atoms with van der Waals surface area (Å²) in [4.78, 5) is 35.7. The minimum absolute atomic E-state index is 0.173. The van der Waals surface area contributed by atoms with Crippen molar-refractivity contribution in [1.82, 2.24) is 10.2 Å². The van der Waals surface area contributed by atoms with E-state index < -0.39 is 12.0 Å². The van der Waals surface area contributed by atoms with E-state index in [9.17, 15) is 14.4 Å². The van der Waals surface area contributed by atoms with Gasteiger partial charge in [0.05, 0.1) is 5.56 Å². The maximum atomic E-state index is 12.2. The molecule has 20 heavy (non-hydrogen) atoms. The molecule has 1 aromatic rings. The lowest BCUT2D eigenvalue weighted by Crippen LogP contribution is -2.44. The molecule has 0 aliphatic carbocycles. The average molecular weight is 276 g/mol. The monoisotopic (exact) mass is 276 g/mol. The molecular weight excluding hydrogens is 260 g/mol. The number of carboxylic acid groups (broad SMARTS) is 1. The highest BCUT2D eigenvalue weighted by atomic mass is 16.4. The fourth-order valence-corrected chi connectivity index (χ4v) is 2.32. The number of fused-ring (bicyclic) bond motifs is 1. The van der Waals surface area contributed by atoms with Crippen molar-refractivity contribution in [2.45, 2.75) is 33.0 Å². The number of rotatable bonds is 3. The number of hydrogen-bond donors (Lipinski definition) is 2. The summed E-state index contributed by atoms with van der Waals surface area (Å²) < 4.78 is 0. The van der Waals surface area contributed by atoms with E-state index in [-0.39, 0.29) is 17.4 Å². The highest BCUT2D eigenvalue weighted by Crippen LogP contribution is 2.24. The van der Waals surface area contributed by atoms with Crippen LogP contribution in [0.2, 0.25) is 0 Å². The van der Waals surface area contributed by atoms with Crippen LogP contribution in [-0.4, -0.2) is 33.8 Å². The maximum Gasteiger partial charge on any atom is 0.335 e. The lowest BCUT2D eigenvalue weighted by molar-refractivity contribution is -0.136. The Morgan fingerprint density at radius 2 is 1.90 bits per heavy atom. The molecule has 0 spiro atoms. The Kier molecular flexibility index (Phi) is 3.74. The molecule has 2 amide bonds. The molecule has 0 aromatic heterocycles. The Balaban J connectivity index is 2.11. The number of nitrogens with zero attached hydrogens (tertiary/aromatic N) is 1. The molecule has 0 fully saturated rings. The van der Waals surface area contributed by atoms with Crippen LogP contribution in [0.1, 0.15) is 35.3 Å². The van der Waals surface area contributed by atoms with Crippen LogP contribution in [0.25, 0.3) is 0 Å². The summed E-state index contributed by atoms with van der Waals surface area (Å²) in [6, 6.07) is 4.27. The van der Waals surface area contributed by atoms with Crippen molar-refractivity contribution in [3.8, 4) is 0 Å². The molecular formula is C14H16N2O4. The van der Waals surface area contributed by atoms with Crippen molar-refractivity contribution in [3.63, 3.8) is 0 Å². The normalized spacial score (nSPS) is 14.6. The van der Waals surface area contributed by atoms with Crippen molar-refractivity contribution >= 4 is 17.8 Å². The van der Waals surface area contributed by atoms with Crippen LogP contribution in [0.15, 0.2) is 18.2 Å². The van der Waals surface area contributed by atoms with Crippen molar-refractivity contribution in [2.75, 3.05) is 0 Å². The van der Waals surface area contributed by atoms with Gasteiger partial charge in [-0.3, -0.25) is 9.59 Å². The second-order valence-corrected chi connectivity index (χ2v) is 4.91. The summed E-state index contributed by atoms with van der Waals surface area (Å²) in [7, 11) is 0. The summed E-state index contributed by atoms with van der Waals surface area (Å²) in [5, 5.41) is 11.5. The van der Waals surface area contributed by atoms with Crippen LogP contribution in [0.5, 0.6) is 0 Å². The topological polar surface area (TPSA) is 86.7 Å². The lowest BCUT2D eigenvalue weighted by Gasteiger charge is -2.20. The molecule has 1 aromatic carbocycles. The molecule has 1 heterocycles. The zero-order valence-corrected chi connectivity index (χ0v) is 11.3. The van der Waals surface area contributed by atoms with E-state index in [1.165, 1.54) is 13.0 Å². The van der Waals surface area contributed by atoms with E-state index in [0.717, 1.165) is 11.1 Å². The number of amides is 2. The zero-order valence-electron chi connectivity index (χ0n) is 11.3. The third-order valence-electron chi connectivity index (χ3n) is 3.28. The molecule has 0 saturated heterocycles. The summed E-state index contributed by atoms with van der Waals surface area (Å²) in [5.74, 6) is -1.41. The van der Waals surface area contributed by atoms with E-state index in [0.29, 0.717) is 13.1 Å². The molecule has 2 N–H and O–H groups in total. The largest absolute Gasteiger partial charge is 0.478 e. The fraction of sp³-hybridized carbons (Fsp3) is 0.357. The molecule has 6 heteroatoms. The number of nitrogens with one attached hydrogen (secondary N) is 1. The quantitative estimate of drug-likeness (QED) is 0.853. The second-order valence-electron chi connectivity index (χ2n) is 4.91. The standard InChI is InChI=1S/C14H16N2O4/c1-8(15-9(2)17)13(18)16-6-11-4-3-10(14(19)20)5-12(11)7-16/h3-5,8H,6-7H2,1-2H3,(H,15,17)(H,19,20). The number of carboxylic acids is 1. The SMILES string of the molecule is CC(=O)NC(C)C(=O)N1Cc2ccc(C(=O)O)cc2C1. The third-order valence-corrected chi connectivity index (χ3v) is 3.28. The summed E-state index contributed by atoms with van der Waals surface area (Å²) in [6.07, 6.45) is 0. The van der Waals surface area contributed by atoms with E-state index in [1.54, 1.807) is 24.0 Å². The van der Waals surface area contributed by atoms with Gasteiger partial charge in [-0.1, -0.05) is 6.07 Å². The summed E-state index contributed by atoms with van der Waals surface area (Å²) >= 11 is 0. The van der Waals surface area contributed by atoms with E-state index in [1.807, 2.05) is 0 Å². The van der Waals surface area contributed by atoms with Gasteiger partial charge in [-0.2, -0.15) is 0 Å². The Hall–Kier alpha value is -2.37. The van der Waals surface area contributed by atoms with Gasteiger partial charge in [0, 0.05) is 20.0 Å². The van der Waals surface area contributed by atoms with Gasteiger partial charge in [-0.25, -0.2) is 4.79 Å². The molecule has 1 atom stereocenters. The van der Waals surface area contributed by atoms with Crippen LogP contribution in [0, 0.1) is 0 Å². The number of carbonyl (C=O) groups is 3. The van der Waals surface area contributed by atoms with E-state index in [2.05, 4.69) is 5.32 Å². The third kappa shape index (κ3) is 2.79. The fourth-order valence-electron chi connectivity index (χ4n) is 2.32. The summed E-state index contributed by atoms with van der Waals surface area (Å²) in [5.41, 5.74) is 2.00. The highest BCUT2D eigenvalue weighted by Gasteiger charge is 2.27. The van der Waals surface area contributed by atoms with Gasteiger partial charge in [0.25, 0.3) is 0 Å². The van der Waals surface area contributed by atoms with Crippen LogP contribution in [0.4, 0.5) is 0 Å². The van der Waals surface area contributed by atoms with Crippen molar-refractivity contribution in [3.05, 3.63) is 34.9 Å². The predicted molar refractivity (Wildman–Crippen MR) is 70.9 cm³/mol. The molecule has 6 nitrogen and oxygen atoms in total. The molecule has 2 rings (SSSR count). The Morgan fingerprint density at radius 3 is 2.50 bits per heavy atom. The number of carbonyl (C=O) groups excluding carboxylic acids is 2. The molecule has 0 bridgehead atoms. The predicted octanol–water partition coefficient (Wildman–Crippen LogP) is 0.752. The van der Waals surface area contributed by atoms with Gasteiger partial charge in [0.15, 0.2) is 0 Å². The van der Waals surface area contributed by atoms with Gasteiger partial charge in [0.2, 0.25) is 11.8 Å². The van der Waals surface area contributed by atoms with Crippen molar-refractivity contribution in [1.29, 1.82) is 0 Å². The van der Waals surface area contributed by atoms with E-state index >= 15 is 0 Å². The first-order valence-electron chi connectivity index (χ1n) is 6.29. The van der Waals surface area contributed by atoms with Crippen LogP contribution < -0.4 is 5.32 Å². The molecule has 0 radical (unpaired) electrons. The number of hydrogen-bond acceptors (Lipinski definition) is 3. The first kappa shape index (κ1) is 14.0. The van der Waals surface area contributed by atoms with Crippen LogP contribution in [0.3, 0.4) is 0 Å². The first-order valence-corrected chi connectivity index (χ1v) is 6.29. The first-order chi connectivity index (χ1) is 9.38. The second kappa shape index (κ2) is 5.32. The Bertz CT molecular complexity index is 583. The minimum Gasteiger partial charge on any atom is -0.478 e.